The van der Waals surface area contributed by atoms with Crippen LogP contribution in [0.1, 0.15) is 11.3 Å². The molecule has 0 N–H and O–H groups in total. The Morgan fingerprint density at radius 2 is 2.50 bits per heavy atom. The topological polar surface area (TPSA) is 13.1 Å². The first-order chi connectivity index (χ1) is 4.74. The van der Waals surface area contributed by atoms with E-state index in [1.54, 1.807) is 0 Å². The molecule has 0 spiro atoms. The van der Waals surface area contributed by atoms with Crippen LogP contribution >= 0.6 is 15.9 Å². The molecule has 0 aliphatic heterocycles. The Labute approximate surface area is 68.6 Å². The molecule has 0 saturated heterocycles. The van der Waals surface area contributed by atoms with Gasteiger partial charge in [0.25, 0.3) is 0 Å². The van der Waals surface area contributed by atoms with Gasteiger partial charge in [0.05, 0.1) is 6.42 Å². The average molecular weight is 199 g/mol. The summed E-state index contributed by atoms with van der Waals surface area (Å²) in [6, 6.07) is 1.91. The van der Waals surface area contributed by atoms with Crippen LogP contribution in [0.4, 0.5) is 0 Å². The largest absolute Gasteiger partial charge is 0.453 e. The maximum Gasteiger partial charge on any atom is 0.169 e. The second-order valence-electron chi connectivity index (χ2n) is 2.04. The van der Waals surface area contributed by atoms with Gasteiger partial charge in [-0.1, -0.05) is 5.92 Å². The summed E-state index contributed by atoms with van der Waals surface area (Å²) in [6.07, 6.45) is 5.68. The van der Waals surface area contributed by atoms with Crippen molar-refractivity contribution in [3.05, 3.63) is 22.1 Å². The number of hydrogen-bond donors (Lipinski definition) is 0. The third kappa shape index (κ3) is 1.43. The van der Waals surface area contributed by atoms with E-state index in [9.17, 15) is 0 Å². The minimum atomic E-state index is 0.567. The minimum Gasteiger partial charge on any atom is -0.453 e. The molecule has 0 aliphatic carbocycles. The molecule has 10 heavy (non-hydrogen) atoms. The molecule has 1 heterocycles. The van der Waals surface area contributed by atoms with Crippen molar-refractivity contribution in [2.24, 2.45) is 0 Å². The molecule has 52 valence electrons. The van der Waals surface area contributed by atoms with E-state index in [-0.39, 0.29) is 0 Å². The fourth-order valence-electron chi connectivity index (χ4n) is 0.747. The van der Waals surface area contributed by atoms with E-state index in [0.717, 1.165) is 16.0 Å². The van der Waals surface area contributed by atoms with Crippen LogP contribution in [0.15, 0.2) is 15.2 Å². The average Bonchev–Trinajstić information content (AvgIpc) is 2.13. The molecular formula is C8H7BrO. The highest BCUT2D eigenvalue weighted by atomic mass is 79.9. The molecule has 0 aromatic carbocycles. The van der Waals surface area contributed by atoms with Gasteiger partial charge in [-0.05, 0) is 34.5 Å². The monoisotopic (exact) mass is 198 g/mol. The van der Waals surface area contributed by atoms with Crippen molar-refractivity contribution in [2.45, 2.75) is 13.3 Å². The first kappa shape index (κ1) is 7.43. The van der Waals surface area contributed by atoms with Crippen LogP contribution in [0.5, 0.6) is 0 Å². The van der Waals surface area contributed by atoms with E-state index in [2.05, 4.69) is 21.9 Å². The molecule has 0 bridgehead atoms. The number of halogens is 1. The third-order valence-corrected chi connectivity index (χ3v) is 1.64. The maximum absolute atomic E-state index is 5.23. The second-order valence-corrected chi connectivity index (χ2v) is 2.82. The van der Waals surface area contributed by atoms with Gasteiger partial charge in [0.2, 0.25) is 0 Å². The Kier molecular flexibility index (Phi) is 2.18. The number of aryl methyl sites for hydroxylation is 1. The molecule has 0 atom stereocenters. The lowest BCUT2D eigenvalue weighted by Crippen LogP contribution is -1.77. The van der Waals surface area contributed by atoms with Crippen molar-refractivity contribution in [2.75, 3.05) is 0 Å². The Balaban J connectivity index is 2.94. The highest BCUT2D eigenvalue weighted by Gasteiger charge is 2.02. The molecule has 0 radical (unpaired) electrons. The summed E-state index contributed by atoms with van der Waals surface area (Å²) in [6.45, 7) is 1.97. The van der Waals surface area contributed by atoms with Gasteiger partial charge in [0.15, 0.2) is 4.67 Å². The van der Waals surface area contributed by atoms with Crippen LogP contribution in [0.2, 0.25) is 0 Å². The van der Waals surface area contributed by atoms with Crippen molar-refractivity contribution in [1.82, 2.24) is 0 Å². The number of rotatable bonds is 1. The molecular weight excluding hydrogens is 192 g/mol. The molecule has 0 amide bonds. The molecule has 1 nitrogen and oxygen atoms in total. The van der Waals surface area contributed by atoms with Gasteiger partial charge >= 0.3 is 0 Å². The summed E-state index contributed by atoms with van der Waals surface area (Å²) in [4.78, 5) is 0. The fourth-order valence-corrected chi connectivity index (χ4v) is 1.29. The molecule has 0 unspecified atom stereocenters. The zero-order valence-electron chi connectivity index (χ0n) is 5.65. The Hall–Kier alpha value is -0.680. The summed E-state index contributed by atoms with van der Waals surface area (Å²) in [5, 5.41) is 0. The van der Waals surface area contributed by atoms with Crippen LogP contribution in [0.25, 0.3) is 0 Å². The van der Waals surface area contributed by atoms with Crippen molar-refractivity contribution in [3.8, 4) is 12.3 Å². The zero-order valence-corrected chi connectivity index (χ0v) is 7.23. The van der Waals surface area contributed by atoms with E-state index in [1.807, 2.05) is 13.0 Å². The van der Waals surface area contributed by atoms with Gasteiger partial charge in [-0.3, -0.25) is 0 Å². The van der Waals surface area contributed by atoms with Crippen LogP contribution in [-0.2, 0) is 6.42 Å². The maximum atomic E-state index is 5.23. The van der Waals surface area contributed by atoms with Crippen molar-refractivity contribution in [1.29, 1.82) is 0 Å². The highest BCUT2D eigenvalue weighted by Crippen LogP contribution is 2.19. The normalized spacial score (nSPS) is 9.30. The van der Waals surface area contributed by atoms with Gasteiger partial charge in [-0.25, -0.2) is 0 Å². The van der Waals surface area contributed by atoms with Gasteiger partial charge in [0, 0.05) is 0 Å². The Morgan fingerprint density at radius 3 is 2.90 bits per heavy atom. The van der Waals surface area contributed by atoms with Crippen LogP contribution in [0.3, 0.4) is 0 Å². The second kappa shape index (κ2) is 2.94. The summed E-state index contributed by atoms with van der Waals surface area (Å²) in [5.41, 5.74) is 1.10. The third-order valence-electron chi connectivity index (χ3n) is 1.25. The zero-order chi connectivity index (χ0) is 7.56. The van der Waals surface area contributed by atoms with E-state index in [4.69, 9.17) is 10.8 Å². The predicted octanol–water partition coefficient (Wildman–Crippen LogP) is 2.53. The number of furan rings is 1. The first-order valence-electron chi connectivity index (χ1n) is 2.92. The van der Waals surface area contributed by atoms with Gasteiger partial charge in [0.1, 0.15) is 5.76 Å². The standard InChI is InChI=1S/C8H7BrO/c1-3-4-7-6(2)5-8(9)10-7/h1,5H,4H2,2H3. The van der Waals surface area contributed by atoms with Crippen LogP contribution in [0, 0.1) is 19.3 Å². The lowest BCUT2D eigenvalue weighted by molar-refractivity contribution is 0.499. The van der Waals surface area contributed by atoms with Crippen molar-refractivity contribution >= 4 is 15.9 Å². The molecule has 2 heteroatoms. The summed E-state index contributed by atoms with van der Waals surface area (Å²) < 4.78 is 5.97. The Morgan fingerprint density at radius 1 is 1.80 bits per heavy atom. The number of hydrogen-bond acceptors (Lipinski definition) is 1. The molecule has 0 saturated carbocycles. The predicted molar refractivity (Wildman–Crippen MR) is 43.7 cm³/mol. The molecule has 0 fully saturated rings. The van der Waals surface area contributed by atoms with Gasteiger partial charge in [-0.15, -0.1) is 6.42 Å². The molecule has 1 rings (SSSR count). The van der Waals surface area contributed by atoms with E-state index in [0.29, 0.717) is 6.42 Å². The van der Waals surface area contributed by atoms with Gasteiger partial charge < -0.3 is 4.42 Å². The van der Waals surface area contributed by atoms with E-state index in [1.165, 1.54) is 0 Å². The van der Waals surface area contributed by atoms with Crippen molar-refractivity contribution in [3.63, 3.8) is 0 Å². The Bertz CT molecular complexity index is 267. The highest BCUT2D eigenvalue weighted by molar-refractivity contribution is 9.10. The van der Waals surface area contributed by atoms with Crippen LogP contribution < -0.4 is 0 Å². The molecule has 1 aromatic rings. The molecule has 1 aromatic heterocycles. The van der Waals surface area contributed by atoms with E-state index >= 15 is 0 Å². The van der Waals surface area contributed by atoms with Gasteiger partial charge in [-0.2, -0.15) is 0 Å². The fraction of sp³-hybridized carbons (Fsp3) is 0.250. The smallest absolute Gasteiger partial charge is 0.169 e. The summed E-state index contributed by atoms with van der Waals surface area (Å²) in [7, 11) is 0. The minimum absolute atomic E-state index is 0.567. The van der Waals surface area contributed by atoms with Crippen molar-refractivity contribution < 1.29 is 4.42 Å². The lowest BCUT2D eigenvalue weighted by Gasteiger charge is -1.87. The summed E-state index contributed by atoms with van der Waals surface area (Å²) in [5.74, 6) is 3.39. The number of terminal acetylenes is 1. The SMILES string of the molecule is C#CCc1oc(Br)cc1C. The van der Waals surface area contributed by atoms with Crippen LogP contribution in [-0.4, -0.2) is 0 Å². The molecule has 0 aliphatic rings. The lowest BCUT2D eigenvalue weighted by atomic mass is 10.2. The quantitative estimate of drug-likeness (QED) is 0.633. The summed E-state index contributed by atoms with van der Waals surface area (Å²) >= 11 is 3.22. The first-order valence-corrected chi connectivity index (χ1v) is 3.71. The van der Waals surface area contributed by atoms with E-state index < -0.39 is 0 Å².